The largest absolute Gasteiger partial charge is 0.494 e. The molecule has 0 heterocycles. The zero-order valence-electron chi connectivity index (χ0n) is 21.7. The lowest BCUT2D eigenvalue weighted by molar-refractivity contribution is -0.0622. The molecule has 0 saturated heterocycles. The number of nitrogens with zero attached hydrogens (tertiary/aromatic N) is 1. The Morgan fingerprint density at radius 1 is 0.750 bits per heavy atom. The first-order chi connectivity index (χ1) is 17.4. The predicted molar refractivity (Wildman–Crippen MR) is 146 cm³/mol. The fraction of sp³-hybridized carbons (Fsp3) is 0.455. The lowest BCUT2D eigenvalue weighted by Gasteiger charge is -2.57. The van der Waals surface area contributed by atoms with Crippen LogP contribution in [0, 0.1) is 23.2 Å². The number of aliphatic hydroxyl groups is 1. The van der Waals surface area contributed by atoms with E-state index in [9.17, 15) is 5.11 Å². The van der Waals surface area contributed by atoms with Crippen LogP contribution in [0.15, 0.2) is 78.9 Å². The van der Waals surface area contributed by atoms with E-state index in [1.54, 1.807) is 0 Å². The minimum atomic E-state index is -1.23. The molecule has 4 aliphatic rings. The van der Waals surface area contributed by atoms with Crippen LogP contribution in [-0.4, -0.2) is 25.8 Å². The molecule has 3 aromatic rings. The molecule has 4 bridgehead atoms. The summed E-state index contributed by atoms with van der Waals surface area (Å²) in [6, 6.07) is 26.2. The van der Waals surface area contributed by atoms with Crippen LogP contribution in [0.3, 0.4) is 0 Å². The Morgan fingerprint density at radius 2 is 1.25 bits per heavy atom. The number of hydrogen-bond acceptors (Lipinski definition) is 3. The van der Waals surface area contributed by atoms with Crippen molar-refractivity contribution in [2.75, 3.05) is 25.6 Å². The summed E-state index contributed by atoms with van der Waals surface area (Å²) in [6.07, 6.45) is 9.94. The smallest absolute Gasteiger partial charge is 0.140 e. The Morgan fingerprint density at radius 3 is 1.78 bits per heavy atom. The van der Waals surface area contributed by atoms with E-state index in [0.29, 0.717) is 5.41 Å². The lowest BCUT2D eigenvalue weighted by atomic mass is 9.49. The SMILES string of the molecule is CN(C)c1ccc(C(O)(c2ccccc2)c2ccc(OCCC34CC5CC(CC(C5)C3)C4)cc2)cc1. The molecule has 36 heavy (non-hydrogen) atoms. The highest BCUT2D eigenvalue weighted by Gasteiger charge is 2.50. The van der Waals surface area contributed by atoms with Gasteiger partial charge in [0.1, 0.15) is 11.4 Å². The van der Waals surface area contributed by atoms with Crippen LogP contribution in [0.1, 0.15) is 61.6 Å². The minimum absolute atomic E-state index is 0.543. The van der Waals surface area contributed by atoms with E-state index in [1.165, 1.54) is 44.9 Å². The lowest BCUT2D eigenvalue weighted by Crippen LogP contribution is -2.46. The maximum atomic E-state index is 12.2. The van der Waals surface area contributed by atoms with E-state index in [1.807, 2.05) is 80.8 Å². The molecule has 3 aromatic carbocycles. The number of rotatable bonds is 8. The van der Waals surface area contributed by atoms with Crippen LogP contribution < -0.4 is 9.64 Å². The fourth-order valence-electron chi connectivity index (χ4n) is 7.95. The molecular formula is C33H39NO2. The second-order valence-electron chi connectivity index (χ2n) is 12.1. The maximum Gasteiger partial charge on any atom is 0.140 e. The Hall–Kier alpha value is -2.78. The van der Waals surface area contributed by atoms with Gasteiger partial charge in [-0.2, -0.15) is 0 Å². The van der Waals surface area contributed by atoms with Gasteiger partial charge in [0, 0.05) is 19.8 Å². The minimum Gasteiger partial charge on any atom is -0.494 e. The van der Waals surface area contributed by atoms with Crippen LogP contribution in [0.2, 0.25) is 0 Å². The van der Waals surface area contributed by atoms with E-state index in [-0.39, 0.29) is 0 Å². The second kappa shape index (κ2) is 9.27. The topological polar surface area (TPSA) is 32.7 Å². The Kier molecular flexibility index (Phi) is 6.08. The normalized spacial score (nSPS) is 28.0. The van der Waals surface area contributed by atoms with E-state index in [2.05, 4.69) is 17.0 Å². The molecule has 4 fully saturated rings. The highest BCUT2D eigenvalue weighted by molar-refractivity contribution is 5.53. The van der Waals surface area contributed by atoms with E-state index >= 15 is 0 Å². The molecule has 188 valence electrons. The molecule has 0 spiro atoms. The molecule has 0 aromatic heterocycles. The predicted octanol–water partition coefficient (Wildman–Crippen LogP) is 7.02. The van der Waals surface area contributed by atoms with E-state index < -0.39 is 5.60 Å². The Balaban J connectivity index is 1.19. The van der Waals surface area contributed by atoms with Crippen molar-refractivity contribution >= 4 is 5.69 Å². The van der Waals surface area contributed by atoms with Gasteiger partial charge >= 0.3 is 0 Å². The quantitative estimate of drug-likeness (QED) is 0.351. The van der Waals surface area contributed by atoms with Gasteiger partial charge < -0.3 is 14.7 Å². The average molecular weight is 482 g/mol. The zero-order valence-corrected chi connectivity index (χ0v) is 21.7. The second-order valence-corrected chi connectivity index (χ2v) is 12.1. The van der Waals surface area contributed by atoms with Gasteiger partial charge in [-0.1, -0.05) is 54.6 Å². The molecule has 0 amide bonds. The number of anilines is 1. The van der Waals surface area contributed by atoms with Crippen LogP contribution in [-0.2, 0) is 5.60 Å². The molecule has 1 unspecified atom stereocenters. The van der Waals surface area contributed by atoms with Crippen molar-refractivity contribution in [1.29, 1.82) is 0 Å². The third-order valence-electron chi connectivity index (χ3n) is 9.33. The average Bonchev–Trinajstić information content (AvgIpc) is 2.88. The summed E-state index contributed by atoms with van der Waals surface area (Å²) in [5, 5.41) is 12.2. The molecule has 0 radical (unpaired) electrons. The summed E-state index contributed by atoms with van der Waals surface area (Å²) < 4.78 is 6.28. The maximum absolute atomic E-state index is 12.2. The van der Waals surface area contributed by atoms with Gasteiger partial charge in [0.25, 0.3) is 0 Å². The van der Waals surface area contributed by atoms with Crippen LogP contribution >= 0.6 is 0 Å². The number of ether oxygens (including phenoxy) is 1. The van der Waals surface area contributed by atoms with Gasteiger partial charge in [-0.25, -0.2) is 0 Å². The highest BCUT2D eigenvalue weighted by Crippen LogP contribution is 2.61. The first kappa shape index (κ1) is 23.6. The van der Waals surface area contributed by atoms with Gasteiger partial charge in [-0.3, -0.25) is 0 Å². The third-order valence-corrected chi connectivity index (χ3v) is 9.33. The van der Waals surface area contributed by atoms with Gasteiger partial charge in [0.2, 0.25) is 0 Å². The number of hydrogen-bond donors (Lipinski definition) is 1. The summed E-state index contributed by atoms with van der Waals surface area (Å²) in [5.74, 6) is 3.84. The van der Waals surface area contributed by atoms with Crippen molar-refractivity contribution in [3.63, 3.8) is 0 Å². The van der Waals surface area contributed by atoms with E-state index in [0.717, 1.165) is 52.5 Å². The summed E-state index contributed by atoms with van der Waals surface area (Å²) in [6.45, 7) is 0.792. The van der Waals surface area contributed by atoms with Crippen molar-refractivity contribution in [2.45, 2.75) is 50.5 Å². The molecule has 7 rings (SSSR count). The van der Waals surface area contributed by atoms with Gasteiger partial charge in [-0.05, 0) is 109 Å². The first-order valence-corrected chi connectivity index (χ1v) is 13.7. The summed E-state index contributed by atoms with van der Waals surface area (Å²) in [7, 11) is 4.06. The van der Waals surface area contributed by atoms with Crippen molar-refractivity contribution in [3.8, 4) is 5.75 Å². The van der Waals surface area contributed by atoms with Gasteiger partial charge in [0.05, 0.1) is 6.61 Å². The van der Waals surface area contributed by atoms with Crippen molar-refractivity contribution < 1.29 is 9.84 Å². The molecule has 1 atom stereocenters. The molecule has 3 heteroatoms. The molecule has 3 nitrogen and oxygen atoms in total. The van der Waals surface area contributed by atoms with Crippen LogP contribution in [0.25, 0.3) is 0 Å². The monoisotopic (exact) mass is 481 g/mol. The van der Waals surface area contributed by atoms with Crippen LogP contribution in [0.5, 0.6) is 5.75 Å². The van der Waals surface area contributed by atoms with Crippen molar-refractivity contribution in [1.82, 2.24) is 0 Å². The Labute approximate surface area is 216 Å². The summed E-state index contributed by atoms with van der Waals surface area (Å²) in [5.41, 5.74) is 2.98. The standard InChI is InChI=1S/C33H39NO2/c1-34(2)30-12-8-28(9-13-30)33(35,27-6-4-3-5-7-27)29-10-14-31(15-11-29)36-17-16-32-21-24-18-25(22-32)20-26(19-24)23-32/h3-15,24-26,35H,16-23H2,1-2H3. The van der Waals surface area contributed by atoms with E-state index in [4.69, 9.17) is 4.74 Å². The fourth-order valence-corrected chi connectivity index (χ4v) is 7.95. The third kappa shape index (κ3) is 4.32. The molecular weight excluding hydrogens is 442 g/mol. The molecule has 4 aliphatic carbocycles. The number of benzene rings is 3. The van der Waals surface area contributed by atoms with Gasteiger partial charge in [-0.15, -0.1) is 0 Å². The van der Waals surface area contributed by atoms with Crippen LogP contribution in [0.4, 0.5) is 5.69 Å². The highest BCUT2D eigenvalue weighted by atomic mass is 16.5. The van der Waals surface area contributed by atoms with Crippen molar-refractivity contribution in [2.24, 2.45) is 23.2 Å². The molecule has 1 N–H and O–H groups in total. The zero-order chi connectivity index (χ0) is 24.8. The molecule has 0 aliphatic heterocycles. The summed E-state index contributed by atoms with van der Waals surface area (Å²) in [4.78, 5) is 2.07. The summed E-state index contributed by atoms with van der Waals surface area (Å²) >= 11 is 0. The Bertz CT molecular complexity index is 1130. The first-order valence-electron chi connectivity index (χ1n) is 13.7. The van der Waals surface area contributed by atoms with Gasteiger partial charge in [0.15, 0.2) is 0 Å². The molecule has 4 saturated carbocycles. The van der Waals surface area contributed by atoms with Crippen molar-refractivity contribution in [3.05, 3.63) is 95.6 Å².